The first-order chi connectivity index (χ1) is 3.79. The summed E-state index contributed by atoms with van der Waals surface area (Å²) in [5, 5.41) is 0. The van der Waals surface area contributed by atoms with Gasteiger partial charge in [0.25, 0.3) is 0 Å². The lowest BCUT2D eigenvalue weighted by Crippen LogP contribution is -2.13. The Morgan fingerprint density at radius 3 is 3.00 bits per heavy atom. The molecule has 0 aromatic carbocycles. The molecule has 0 aromatic heterocycles. The molecule has 0 aromatic rings. The van der Waals surface area contributed by atoms with Crippen molar-refractivity contribution in [2.75, 3.05) is 0 Å². The van der Waals surface area contributed by atoms with Gasteiger partial charge in [0, 0.05) is 12.5 Å². The lowest BCUT2D eigenvalue weighted by molar-refractivity contribution is -0.117. The van der Waals surface area contributed by atoms with Crippen LogP contribution < -0.4 is 0 Å². The number of ether oxygens (including phenoxy) is 1. The predicted octanol–water partition coefficient (Wildman–Crippen LogP) is 0.878. The van der Waals surface area contributed by atoms with Gasteiger partial charge in [-0.1, -0.05) is 0 Å². The first-order valence-corrected chi connectivity index (χ1v) is 2.64. The minimum atomic E-state index is 0.0764. The molecule has 1 aliphatic rings. The Morgan fingerprint density at radius 2 is 2.62 bits per heavy atom. The zero-order valence-electron chi connectivity index (χ0n) is 4.76. The van der Waals surface area contributed by atoms with Gasteiger partial charge in [-0.25, -0.2) is 0 Å². The third-order valence-corrected chi connectivity index (χ3v) is 1.05. The van der Waals surface area contributed by atoms with Gasteiger partial charge in [-0.2, -0.15) is 0 Å². The average Bonchev–Trinajstić information content (AvgIpc) is 1.64. The van der Waals surface area contributed by atoms with E-state index in [2.05, 4.69) is 0 Å². The maximum atomic E-state index is 10.5. The Balaban J connectivity index is 2.54. The number of hydrogen-bond donors (Lipinski definition) is 0. The van der Waals surface area contributed by atoms with E-state index in [-0.39, 0.29) is 11.9 Å². The van der Waals surface area contributed by atoms with Crippen molar-refractivity contribution in [1.29, 1.82) is 0 Å². The van der Waals surface area contributed by atoms with E-state index < -0.39 is 0 Å². The van der Waals surface area contributed by atoms with Gasteiger partial charge in [0.1, 0.15) is 6.10 Å². The predicted molar refractivity (Wildman–Crippen MR) is 29.3 cm³/mol. The third-order valence-electron chi connectivity index (χ3n) is 1.05. The molecular formula is C6H8O2. The van der Waals surface area contributed by atoms with E-state index in [0.717, 1.165) is 0 Å². The highest BCUT2D eigenvalue weighted by Crippen LogP contribution is 2.04. The van der Waals surface area contributed by atoms with Crippen LogP contribution in [0.25, 0.3) is 0 Å². The summed E-state index contributed by atoms with van der Waals surface area (Å²) >= 11 is 0. The van der Waals surface area contributed by atoms with Gasteiger partial charge in [0.15, 0.2) is 5.78 Å². The molecule has 1 unspecified atom stereocenters. The molecule has 44 valence electrons. The Hall–Kier alpha value is -0.790. The smallest absolute Gasteiger partial charge is 0.162 e. The van der Waals surface area contributed by atoms with E-state index >= 15 is 0 Å². The summed E-state index contributed by atoms with van der Waals surface area (Å²) in [6, 6.07) is 0. The summed E-state index contributed by atoms with van der Waals surface area (Å²) in [5.41, 5.74) is 0. The van der Waals surface area contributed by atoms with E-state index in [4.69, 9.17) is 4.74 Å². The van der Waals surface area contributed by atoms with Crippen molar-refractivity contribution >= 4 is 5.78 Å². The monoisotopic (exact) mass is 112 g/mol. The molecule has 2 heteroatoms. The normalized spacial score (nSPS) is 27.6. The van der Waals surface area contributed by atoms with Crippen LogP contribution in [0.5, 0.6) is 0 Å². The topological polar surface area (TPSA) is 26.3 Å². The molecule has 2 nitrogen and oxygen atoms in total. The number of ketones is 1. The van der Waals surface area contributed by atoms with Crippen LogP contribution in [0.1, 0.15) is 13.3 Å². The van der Waals surface area contributed by atoms with Crippen LogP contribution >= 0.6 is 0 Å². The average molecular weight is 112 g/mol. The Kier molecular flexibility index (Phi) is 1.33. The fourth-order valence-electron chi connectivity index (χ4n) is 0.649. The van der Waals surface area contributed by atoms with Crippen molar-refractivity contribution in [2.24, 2.45) is 0 Å². The highest BCUT2D eigenvalue weighted by atomic mass is 16.5. The number of rotatable bonds is 0. The molecule has 0 aliphatic carbocycles. The van der Waals surface area contributed by atoms with Gasteiger partial charge >= 0.3 is 0 Å². The quantitative estimate of drug-likeness (QED) is 0.465. The summed E-state index contributed by atoms with van der Waals surface area (Å²) < 4.78 is 4.95. The highest BCUT2D eigenvalue weighted by Gasteiger charge is 2.09. The van der Waals surface area contributed by atoms with E-state index in [0.29, 0.717) is 6.42 Å². The highest BCUT2D eigenvalue weighted by molar-refractivity contribution is 5.90. The van der Waals surface area contributed by atoms with Gasteiger partial charge in [0.05, 0.1) is 6.26 Å². The molecule has 0 spiro atoms. The molecule has 0 fully saturated rings. The molecule has 0 N–H and O–H groups in total. The molecule has 1 heterocycles. The van der Waals surface area contributed by atoms with E-state index in [9.17, 15) is 4.79 Å². The van der Waals surface area contributed by atoms with Gasteiger partial charge < -0.3 is 4.74 Å². The maximum absolute atomic E-state index is 10.5. The summed E-state index contributed by atoms with van der Waals surface area (Å²) in [6.07, 6.45) is 3.51. The third kappa shape index (κ3) is 1.09. The minimum Gasteiger partial charge on any atom is -0.498 e. The zero-order chi connectivity index (χ0) is 5.98. The second-order valence-corrected chi connectivity index (χ2v) is 1.92. The zero-order valence-corrected chi connectivity index (χ0v) is 4.76. The fourth-order valence-corrected chi connectivity index (χ4v) is 0.649. The van der Waals surface area contributed by atoms with Gasteiger partial charge in [-0.15, -0.1) is 0 Å². The van der Waals surface area contributed by atoms with Crippen LogP contribution in [0, 0.1) is 0 Å². The van der Waals surface area contributed by atoms with Crippen LogP contribution in [0.3, 0.4) is 0 Å². The van der Waals surface area contributed by atoms with Crippen molar-refractivity contribution in [3.8, 4) is 0 Å². The SMILES string of the molecule is CC1CC(=O)C=CO1. The largest absolute Gasteiger partial charge is 0.498 e. The van der Waals surface area contributed by atoms with Crippen molar-refractivity contribution in [2.45, 2.75) is 19.4 Å². The number of hydrogen-bond acceptors (Lipinski definition) is 2. The Morgan fingerprint density at radius 1 is 1.88 bits per heavy atom. The second-order valence-electron chi connectivity index (χ2n) is 1.92. The fraction of sp³-hybridized carbons (Fsp3) is 0.500. The summed E-state index contributed by atoms with van der Waals surface area (Å²) in [6.45, 7) is 1.88. The molecule has 0 saturated heterocycles. The molecule has 1 aliphatic heterocycles. The molecule has 0 bridgehead atoms. The van der Waals surface area contributed by atoms with Crippen molar-refractivity contribution in [1.82, 2.24) is 0 Å². The van der Waals surface area contributed by atoms with Crippen molar-refractivity contribution in [3.05, 3.63) is 12.3 Å². The molecule has 0 saturated carbocycles. The van der Waals surface area contributed by atoms with Gasteiger partial charge in [0.2, 0.25) is 0 Å². The molecule has 1 rings (SSSR count). The second kappa shape index (κ2) is 1.99. The van der Waals surface area contributed by atoms with Crippen LogP contribution in [0.4, 0.5) is 0 Å². The molecule has 0 amide bonds. The number of carbonyl (C=O) groups excluding carboxylic acids is 1. The summed E-state index contributed by atoms with van der Waals surface area (Å²) in [5.74, 6) is 0.156. The number of carbonyl (C=O) groups is 1. The first kappa shape index (κ1) is 5.35. The lowest BCUT2D eigenvalue weighted by Gasteiger charge is -2.12. The van der Waals surface area contributed by atoms with Crippen LogP contribution in [0.2, 0.25) is 0 Å². The Labute approximate surface area is 48.1 Å². The van der Waals surface area contributed by atoms with Gasteiger partial charge in [-0.3, -0.25) is 4.79 Å². The lowest BCUT2D eigenvalue weighted by atomic mass is 10.2. The van der Waals surface area contributed by atoms with Crippen molar-refractivity contribution in [3.63, 3.8) is 0 Å². The summed E-state index contributed by atoms with van der Waals surface area (Å²) in [7, 11) is 0. The van der Waals surface area contributed by atoms with E-state index in [1.54, 1.807) is 0 Å². The Bertz CT molecular complexity index is 126. The van der Waals surface area contributed by atoms with Gasteiger partial charge in [-0.05, 0) is 6.92 Å². The standard InChI is InChI=1S/C6H8O2/c1-5-4-6(7)2-3-8-5/h2-3,5H,4H2,1H3. The number of allylic oxidation sites excluding steroid dienone is 1. The van der Waals surface area contributed by atoms with E-state index in [1.165, 1.54) is 12.3 Å². The molecule has 0 radical (unpaired) electrons. The summed E-state index contributed by atoms with van der Waals surface area (Å²) in [4.78, 5) is 10.5. The maximum Gasteiger partial charge on any atom is 0.162 e. The van der Waals surface area contributed by atoms with Crippen molar-refractivity contribution < 1.29 is 9.53 Å². The first-order valence-electron chi connectivity index (χ1n) is 2.64. The molecule has 1 atom stereocenters. The molecular weight excluding hydrogens is 104 g/mol. The van der Waals surface area contributed by atoms with Crippen LogP contribution in [0.15, 0.2) is 12.3 Å². The molecule has 8 heavy (non-hydrogen) atoms. The van der Waals surface area contributed by atoms with Crippen LogP contribution in [-0.2, 0) is 9.53 Å². The van der Waals surface area contributed by atoms with Crippen LogP contribution in [-0.4, -0.2) is 11.9 Å². The minimum absolute atomic E-state index is 0.0764. The van der Waals surface area contributed by atoms with E-state index in [1.807, 2.05) is 6.92 Å².